The number of nitrogens with zero attached hydrogens (tertiary/aromatic N) is 2. The Labute approximate surface area is 156 Å². The molecule has 3 fully saturated rings. The number of fused-ring (bicyclic) bond motifs is 1. The number of likely N-dealkylation sites (tertiary alicyclic amines) is 1. The van der Waals surface area contributed by atoms with Crippen molar-refractivity contribution in [2.24, 2.45) is 5.92 Å². The Balaban J connectivity index is 1.29. The van der Waals surface area contributed by atoms with E-state index in [9.17, 15) is 9.90 Å². The van der Waals surface area contributed by atoms with E-state index in [1.54, 1.807) is 12.1 Å². The Morgan fingerprint density at radius 3 is 2.46 bits per heavy atom. The van der Waals surface area contributed by atoms with Crippen LogP contribution in [-0.2, 0) is 4.79 Å². The van der Waals surface area contributed by atoms with Crippen molar-refractivity contribution in [3.63, 3.8) is 0 Å². The number of hydrogen-bond acceptors (Lipinski definition) is 3. The quantitative estimate of drug-likeness (QED) is 0.856. The Bertz CT molecular complexity index is 608. The number of anilines is 1. The predicted molar refractivity (Wildman–Crippen MR) is 103 cm³/mol. The average Bonchev–Trinajstić information content (AvgIpc) is 2.69. The second-order valence-electron chi connectivity index (χ2n) is 8.27. The Kier molecular flexibility index (Phi) is 5.34. The van der Waals surface area contributed by atoms with Gasteiger partial charge in [-0.15, -0.1) is 0 Å². The standard InChI is InChI=1S/C21H31N3O2/c25-19-9-7-18(8-10-19)23-14-12-22(13-15-23)16-21(26)24-11-3-5-17-4-1-2-6-20(17)24/h7-10,17,20,25H,1-6,11-16H2/p+1/t17-,20-/m1/s1. The van der Waals surface area contributed by atoms with E-state index in [1.165, 1.54) is 43.4 Å². The van der Waals surface area contributed by atoms with Crippen LogP contribution in [0.15, 0.2) is 24.3 Å². The number of hydrogen-bond donors (Lipinski definition) is 2. The molecule has 5 heteroatoms. The van der Waals surface area contributed by atoms with Crippen molar-refractivity contribution in [1.29, 1.82) is 0 Å². The normalized spacial score (nSPS) is 27.2. The van der Waals surface area contributed by atoms with Crippen LogP contribution in [0.25, 0.3) is 0 Å². The first-order valence-electron chi connectivity index (χ1n) is 10.4. The summed E-state index contributed by atoms with van der Waals surface area (Å²) in [5.74, 6) is 1.46. The minimum absolute atomic E-state index is 0.311. The van der Waals surface area contributed by atoms with Crippen molar-refractivity contribution < 1.29 is 14.8 Å². The third-order valence-corrected chi connectivity index (χ3v) is 6.65. The molecule has 2 N–H and O–H groups in total. The van der Waals surface area contributed by atoms with Gasteiger partial charge in [-0.1, -0.05) is 12.8 Å². The molecule has 5 nitrogen and oxygen atoms in total. The molecule has 2 atom stereocenters. The second kappa shape index (κ2) is 7.87. The van der Waals surface area contributed by atoms with Gasteiger partial charge in [-0.2, -0.15) is 0 Å². The van der Waals surface area contributed by atoms with Crippen LogP contribution < -0.4 is 9.80 Å². The Morgan fingerprint density at radius 2 is 1.69 bits per heavy atom. The lowest BCUT2D eigenvalue weighted by atomic mass is 9.78. The van der Waals surface area contributed by atoms with Gasteiger partial charge in [0.05, 0.1) is 26.2 Å². The van der Waals surface area contributed by atoms with Crippen LogP contribution in [0, 0.1) is 5.92 Å². The van der Waals surface area contributed by atoms with E-state index in [0.717, 1.165) is 44.3 Å². The number of aromatic hydroxyl groups is 1. The number of amides is 1. The highest BCUT2D eigenvalue weighted by Crippen LogP contribution is 2.35. The van der Waals surface area contributed by atoms with Crippen LogP contribution in [-0.4, -0.2) is 61.2 Å². The monoisotopic (exact) mass is 358 g/mol. The predicted octanol–water partition coefficient (Wildman–Crippen LogP) is 1.28. The molecule has 0 bridgehead atoms. The molecule has 0 spiro atoms. The van der Waals surface area contributed by atoms with Crippen molar-refractivity contribution in [1.82, 2.24) is 4.90 Å². The van der Waals surface area contributed by atoms with Gasteiger partial charge < -0.3 is 19.8 Å². The molecule has 2 heterocycles. The van der Waals surface area contributed by atoms with E-state index in [0.29, 0.717) is 24.2 Å². The molecule has 0 radical (unpaired) electrons. The highest BCUT2D eigenvalue weighted by Gasteiger charge is 2.37. The number of phenols is 1. The van der Waals surface area contributed by atoms with Gasteiger partial charge in [0.2, 0.25) is 0 Å². The SMILES string of the molecule is O=C(C[NH+]1CCN(c2ccc(O)cc2)CC1)N1CCC[C@H]2CCCC[C@H]21. The number of benzene rings is 1. The first-order chi connectivity index (χ1) is 12.7. The number of rotatable bonds is 3. The molecule has 1 aromatic carbocycles. The zero-order chi connectivity index (χ0) is 17.9. The minimum Gasteiger partial charge on any atom is -0.508 e. The summed E-state index contributed by atoms with van der Waals surface area (Å²) in [5, 5.41) is 9.44. The van der Waals surface area contributed by atoms with E-state index < -0.39 is 0 Å². The zero-order valence-electron chi connectivity index (χ0n) is 15.7. The number of piperidine rings is 1. The Morgan fingerprint density at radius 1 is 1.00 bits per heavy atom. The summed E-state index contributed by atoms with van der Waals surface area (Å²) in [6.45, 7) is 5.60. The maximum Gasteiger partial charge on any atom is 0.278 e. The van der Waals surface area contributed by atoms with Gasteiger partial charge in [0.15, 0.2) is 6.54 Å². The summed E-state index contributed by atoms with van der Waals surface area (Å²) in [5.41, 5.74) is 1.16. The number of carbonyl (C=O) groups excluding carboxylic acids is 1. The fraction of sp³-hybridized carbons (Fsp3) is 0.667. The number of carbonyl (C=O) groups is 1. The summed E-state index contributed by atoms with van der Waals surface area (Å²) in [6, 6.07) is 7.97. The van der Waals surface area contributed by atoms with Gasteiger partial charge in [-0.25, -0.2) is 0 Å². The van der Waals surface area contributed by atoms with Crippen molar-refractivity contribution in [3.05, 3.63) is 24.3 Å². The first kappa shape index (κ1) is 17.7. The zero-order valence-corrected chi connectivity index (χ0v) is 15.7. The third kappa shape index (κ3) is 3.83. The average molecular weight is 359 g/mol. The van der Waals surface area contributed by atoms with Gasteiger partial charge in [-0.3, -0.25) is 4.79 Å². The number of nitrogens with one attached hydrogen (secondary N) is 1. The number of quaternary nitrogens is 1. The van der Waals surface area contributed by atoms with Crippen LogP contribution >= 0.6 is 0 Å². The summed E-state index contributed by atoms with van der Waals surface area (Å²) in [6.07, 6.45) is 7.72. The summed E-state index contributed by atoms with van der Waals surface area (Å²) in [4.78, 5) is 19.0. The molecule has 3 aliphatic rings. The van der Waals surface area contributed by atoms with Gasteiger partial charge >= 0.3 is 0 Å². The number of piperazine rings is 1. The molecule has 1 aromatic rings. The summed E-state index contributed by atoms with van der Waals surface area (Å²) in [7, 11) is 0. The molecule has 1 aliphatic carbocycles. The van der Waals surface area contributed by atoms with Crippen LogP contribution in [0.3, 0.4) is 0 Å². The molecule has 4 rings (SSSR count). The second-order valence-corrected chi connectivity index (χ2v) is 8.27. The minimum atomic E-state index is 0.311. The van der Waals surface area contributed by atoms with E-state index in [4.69, 9.17) is 0 Å². The Hall–Kier alpha value is -1.75. The molecule has 142 valence electrons. The first-order valence-corrected chi connectivity index (χ1v) is 10.4. The molecule has 0 unspecified atom stereocenters. The highest BCUT2D eigenvalue weighted by atomic mass is 16.3. The molecular weight excluding hydrogens is 326 g/mol. The number of phenolic OH excluding ortho intramolecular Hbond substituents is 1. The van der Waals surface area contributed by atoms with Gasteiger partial charge in [0, 0.05) is 18.3 Å². The third-order valence-electron chi connectivity index (χ3n) is 6.65. The molecular formula is C21H32N3O2+. The van der Waals surface area contributed by atoms with Gasteiger partial charge in [0.25, 0.3) is 5.91 Å². The highest BCUT2D eigenvalue weighted by molar-refractivity contribution is 5.77. The molecule has 2 saturated heterocycles. The lowest BCUT2D eigenvalue weighted by molar-refractivity contribution is -0.892. The topological polar surface area (TPSA) is 48.2 Å². The van der Waals surface area contributed by atoms with Gasteiger partial charge in [-0.05, 0) is 55.9 Å². The lowest BCUT2D eigenvalue weighted by Crippen LogP contribution is -3.16. The molecule has 26 heavy (non-hydrogen) atoms. The smallest absolute Gasteiger partial charge is 0.278 e. The van der Waals surface area contributed by atoms with Crippen LogP contribution in [0.4, 0.5) is 5.69 Å². The van der Waals surface area contributed by atoms with Crippen LogP contribution in [0.2, 0.25) is 0 Å². The molecule has 1 amide bonds. The van der Waals surface area contributed by atoms with Gasteiger partial charge in [0.1, 0.15) is 5.75 Å². The van der Waals surface area contributed by atoms with Crippen molar-refractivity contribution in [2.75, 3.05) is 44.2 Å². The van der Waals surface area contributed by atoms with Crippen molar-refractivity contribution in [3.8, 4) is 5.75 Å². The fourth-order valence-corrected chi connectivity index (χ4v) is 5.17. The lowest BCUT2D eigenvalue weighted by Gasteiger charge is -2.44. The molecule has 1 saturated carbocycles. The largest absolute Gasteiger partial charge is 0.508 e. The van der Waals surface area contributed by atoms with E-state index in [1.807, 2.05) is 12.1 Å². The fourth-order valence-electron chi connectivity index (χ4n) is 5.17. The van der Waals surface area contributed by atoms with Crippen molar-refractivity contribution >= 4 is 11.6 Å². The maximum absolute atomic E-state index is 13.0. The van der Waals surface area contributed by atoms with E-state index >= 15 is 0 Å². The van der Waals surface area contributed by atoms with E-state index in [-0.39, 0.29) is 0 Å². The summed E-state index contributed by atoms with van der Waals surface area (Å²) >= 11 is 0. The molecule has 0 aromatic heterocycles. The molecule has 2 aliphatic heterocycles. The van der Waals surface area contributed by atoms with Crippen LogP contribution in [0.1, 0.15) is 38.5 Å². The maximum atomic E-state index is 13.0. The van der Waals surface area contributed by atoms with Crippen molar-refractivity contribution in [2.45, 2.75) is 44.6 Å². The summed E-state index contributed by atoms with van der Waals surface area (Å²) < 4.78 is 0. The van der Waals surface area contributed by atoms with E-state index in [2.05, 4.69) is 9.80 Å². The van der Waals surface area contributed by atoms with Crippen LogP contribution in [0.5, 0.6) is 5.75 Å².